The van der Waals surface area contributed by atoms with Gasteiger partial charge in [0.2, 0.25) is 0 Å². The first-order valence-corrected chi connectivity index (χ1v) is 7.75. The van der Waals surface area contributed by atoms with E-state index in [1.165, 1.54) is 4.88 Å². The number of amides is 1. The number of aryl methyl sites for hydroxylation is 1. The Balaban J connectivity index is 1.69. The lowest BCUT2D eigenvalue weighted by Gasteiger charge is -2.10. The summed E-state index contributed by atoms with van der Waals surface area (Å²) in [7, 11) is 0. The summed E-state index contributed by atoms with van der Waals surface area (Å²) in [6.07, 6.45) is 3.94. The van der Waals surface area contributed by atoms with Crippen molar-refractivity contribution in [1.82, 2.24) is 25.1 Å². The van der Waals surface area contributed by atoms with Crippen molar-refractivity contribution >= 4 is 17.2 Å². The molecule has 0 saturated heterocycles. The quantitative estimate of drug-likeness (QED) is 0.782. The average molecular weight is 313 g/mol. The van der Waals surface area contributed by atoms with E-state index in [0.29, 0.717) is 12.1 Å². The summed E-state index contributed by atoms with van der Waals surface area (Å²) in [5.74, 6) is -0.105. The van der Waals surface area contributed by atoms with E-state index in [1.807, 2.05) is 30.6 Å². The van der Waals surface area contributed by atoms with Crippen LogP contribution in [0.5, 0.6) is 0 Å². The Labute approximate surface area is 131 Å². The van der Waals surface area contributed by atoms with Crippen LogP contribution in [-0.2, 0) is 6.42 Å². The predicted molar refractivity (Wildman–Crippen MR) is 84.2 cm³/mol. The molecular formula is C15H15N5OS. The van der Waals surface area contributed by atoms with Crippen LogP contribution in [0.4, 0.5) is 0 Å². The maximum Gasteiger partial charge on any atom is 0.253 e. The third-order valence-corrected chi connectivity index (χ3v) is 4.32. The van der Waals surface area contributed by atoms with Crippen LogP contribution in [0.2, 0.25) is 0 Å². The van der Waals surface area contributed by atoms with E-state index in [2.05, 4.69) is 20.5 Å². The third-order valence-electron chi connectivity index (χ3n) is 3.33. The van der Waals surface area contributed by atoms with Gasteiger partial charge in [-0.15, -0.1) is 21.5 Å². The average Bonchev–Trinajstić information content (AvgIpc) is 3.19. The molecule has 0 aliphatic heterocycles. The molecule has 0 spiro atoms. The second-order valence-electron chi connectivity index (χ2n) is 4.75. The molecule has 3 rings (SSSR count). The van der Waals surface area contributed by atoms with E-state index in [4.69, 9.17) is 0 Å². The standard InChI is InChI=1S/C15H15N5OS/c1-11-14(22-10-17-11)6-7-16-15(21)12-4-2-3-5-13(12)20-8-18-19-9-20/h2-5,8-10H,6-7H2,1H3,(H,16,21). The van der Waals surface area contributed by atoms with Gasteiger partial charge in [-0.2, -0.15) is 0 Å². The lowest BCUT2D eigenvalue weighted by atomic mass is 10.1. The van der Waals surface area contributed by atoms with Crippen LogP contribution in [0.1, 0.15) is 20.9 Å². The number of nitrogens with one attached hydrogen (secondary N) is 1. The molecule has 1 N–H and O–H groups in total. The van der Waals surface area contributed by atoms with Crippen LogP contribution in [0.15, 0.2) is 42.4 Å². The highest BCUT2D eigenvalue weighted by Gasteiger charge is 2.12. The van der Waals surface area contributed by atoms with E-state index < -0.39 is 0 Å². The highest BCUT2D eigenvalue weighted by Crippen LogP contribution is 2.14. The molecule has 0 aliphatic carbocycles. The van der Waals surface area contributed by atoms with Gasteiger partial charge in [0.05, 0.1) is 22.5 Å². The summed E-state index contributed by atoms with van der Waals surface area (Å²) in [5.41, 5.74) is 4.22. The molecule has 1 aromatic carbocycles. The number of thiazole rings is 1. The van der Waals surface area contributed by atoms with Crippen molar-refractivity contribution in [3.8, 4) is 5.69 Å². The highest BCUT2D eigenvalue weighted by molar-refractivity contribution is 7.09. The van der Waals surface area contributed by atoms with Gasteiger partial charge < -0.3 is 5.32 Å². The Bertz CT molecular complexity index is 766. The van der Waals surface area contributed by atoms with E-state index in [9.17, 15) is 4.79 Å². The molecule has 112 valence electrons. The maximum absolute atomic E-state index is 12.4. The smallest absolute Gasteiger partial charge is 0.253 e. The number of hydrogen-bond donors (Lipinski definition) is 1. The number of carbonyl (C=O) groups excluding carboxylic acids is 1. The minimum Gasteiger partial charge on any atom is -0.352 e. The van der Waals surface area contributed by atoms with Gasteiger partial charge in [-0.1, -0.05) is 12.1 Å². The SMILES string of the molecule is Cc1ncsc1CCNC(=O)c1ccccc1-n1cnnc1. The molecule has 0 unspecified atom stereocenters. The Morgan fingerprint density at radius 3 is 2.77 bits per heavy atom. The fourth-order valence-corrected chi connectivity index (χ4v) is 2.95. The summed E-state index contributed by atoms with van der Waals surface area (Å²) in [6.45, 7) is 2.56. The lowest BCUT2D eigenvalue weighted by molar-refractivity contribution is 0.0954. The number of rotatable bonds is 5. The molecule has 7 heteroatoms. The van der Waals surface area contributed by atoms with Crippen molar-refractivity contribution in [3.63, 3.8) is 0 Å². The third kappa shape index (κ3) is 3.04. The second-order valence-corrected chi connectivity index (χ2v) is 5.69. The normalized spacial score (nSPS) is 10.6. The summed E-state index contributed by atoms with van der Waals surface area (Å²) in [5, 5.41) is 10.5. The maximum atomic E-state index is 12.4. The highest BCUT2D eigenvalue weighted by atomic mass is 32.1. The van der Waals surface area contributed by atoms with Crippen molar-refractivity contribution in [2.45, 2.75) is 13.3 Å². The monoisotopic (exact) mass is 313 g/mol. The van der Waals surface area contributed by atoms with Crippen molar-refractivity contribution in [3.05, 3.63) is 58.6 Å². The van der Waals surface area contributed by atoms with Crippen LogP contribution in [0.3, 0.4) is 0 Å². The van der Waals surface area contributed by atoms with Gasteiger partial charge in [0.1, 0.15) is 12.7 Å². The van der Waals surface area contributed by atoms with E-state index >= 15 is 0 Å². The number of hydrogen-bond acceptors (Lipinski definition) is 5. The topological polar surface area (TPSA) is 72.7 Å². The first-order valence-electron chi connectivity index (χ1n) is 6.87. The summed E-state index contributed by atoms with van der Waals surface area (Å²) in [6, 6.07) is 7.39. The molecule has 1 amide bonds. The Kier molecular flexibility index (Phi) is 4.24. The predicted octanol–water partition coefficient (Wildman–Crippen LogP) is 2.00. The Morgan fingerprint density at radius 2 is 2.05 bits per heavy atom. The molecular weight excluding hydrogens is 298 g/mol. The number of nitrogens with zero attached hydrogens (tertiary/aromatic N) is 4. The van der Waals surface area contributed by atoms with Crippen LogP contribution in [0.25, 0.3) is 5.69 Å². The lowest BCUT2D eigenvalue weighted by Crippen LogP contribution is -2.26. The zero-order chi connectivity index (χ0) is 15.4. The zero-order valence-corrected chi connectivity index (χ0v) is 12.9. The van der Waals surface area contributed by atoms with Crippen molar-refractivity contribution in [1.29, 1.82) is 0 Å². The first kappa shape index (κ1) is 14.4. The van der Waals surface area contributed by atoms with Crippen LogP contribution >= 0.6 is 11.3 Å². The largest absolute Gasteiger partial charge is 0.352 e. The van der Waals surface area contributed by atoms with Gasteiger partial charge in [-0.3, -0.25) is 9.36 Å². The molecule has 22 heavy (non-hydrogen) atoms. The Morgan fingerprint density at radius 1 is 1.27 bits per heavy atom. The van der Waals surface area contributed by atoms with Gasteiger partial charge in [0.15, 0.2) is 0 Å². The molecule has 0 aliphatic rings. The first-order chi connectivity index (χ1) is 10.8. The number of carbonyl (C=O) groups is 1. The molecule has 2 heterocycles. The van der Waals surface area contributed by atoms with Gasteiger partial charge in [-0.25, -0.2) is 4.98 Å². The minimum absolute atomic E-state index is 0.105. The summed E-state index contributed by atoms with van der Waals surface area (Å²) >= 11 is 1.62. The number of para-hydroxylation sites is 1. The van der Waals surface area contributed by atoms with Gasteiger partial charge in [-0.05, 0) is 19.1 Å². The molecule has 6 nitrogen and oxygen atoms in total. The fraction of sp³-hybridized carbons (Fsp3) is 0.200. The number of aromatic nitrogens is 4. The van der Waals surface area contributed by atoms with Gasteiger partial charge in [0, 0.05) is 17.8 Å². The number of benzene rings is 1. The van der Waals surface area contributed by atoms with Crippen LogP contribution < -0.4 is 5.32 Å². The van der Waals surface area contributed by atoms with Crippen LogP contribution in [-0.4, -0.2) is 32.2 Å². The molecule has 0 saturated carbocycles. The van der Waals surface area contributed by atoms with E-state index in [0.717, 1.165) is 17.8 Å². The van der Waals surface area contributed by atoms with Gasteiger partial charge >= 0.3 is 0 Å². The molecule has 0 radical (unpaired) electrons. The fourth-order valence-electron chi connectivity index (χ4n) is 2.17. The Hall–Kier alpha value is -2.54. The van der Waals surface area contributed by atoms with Crippen molar-refractivity contribution in [2.75, 3.05) is 6.54 Å². The molecule has 0 fully saturated rings. The van der Waals surface area contributed by atoms with Gasteiger partial charge in [0.25, 0.3) is 5.91 Å². The van der Waals surface area contributed by atoms with Crippen LogP contribution in [0, 0.1) is 6.92 Å². The molecule has 0 bridgehead atoms. The summed E-state index contributed by atoms with van der Waals surface area (Å²) < 4.78 is 1.72. The molecule has 3 aromatic rings. The summed E-state index contributed by atoms with van der Waals surface area (Å²) in [4.78, 5) is 17.8. The zero-order valence-electron chi connectivity index (χ0n) is 12.1. The second kappa shape index (κ2) is 6.48. The molecule has 0 atom stereocenters. The van der Waals surface area contributed by atoms with E-state index in [1.54, 1.807) is 34.6 Å². The van der Waals surface area contributed by atoms with Crippen molar-refractivity contribution < 1.29 is 4.79 Å². The van der Waals surface area contributed by atoms with E-state index in [-0.39, 0.29) is 5.91 Å². The molecule has 2 aromatic heterocycles. The minimum atomic E-state index is -0.105. The van der Waals surface area contributed by atoms with Crippen molar-refractivity contribution in [2.24, 2.45) is 0 Å².